The summed E-state index contributed by atoms with van der Waals surface area (Å²) >= 11 is 0. The monoisotopic (exact) mass is 389 g/mol. The number of nitrogens with zero attached hydrogens (tertiary/aromatic N) is 1. The first-order valence-electron chi connectivity index (χ1n) is 9.87. The first kappa shape index (κ1) is 18.9. The summed E-state index contributed by atoms with van der Waals surface area (Å²) in [6.07, 6.45) is 7.32. The second-order valence-electron chi connectivity index (χ2n) is 8.54. The fraction of sp³-hybridized carbons (Fsp3) is 0.292. The Kier molecular flexibility index (Phi) is 4.85. The summed E-state index contributed by atoms with van der Waals surface area (Å²) in [5.74, 6) is 0.0563. The zero-order chi connectivity index (χ0) is 19.8. The first-order valence-corrected chi connectivity index (χ1v) is 11.8. The molecule has 0 amide bonds. The molecule has 0 radical (unpaired) electrons. The summed E-state index contributed by atoms with van der Waals surface area (Å²) in [5.41, 5.74) is 0. The molecule has 0 unspecified atom stereocenters. The average Bonchev–Trinajstić information content (AvgIpc) is 3.17. The fourth-order valence-corrected chi connectivity index (χ4v) is 9.08. The Morgan fingerprint density at radius 3 is 2.07 bits per heavy atom. The van der Waals surface area contributed by atoms with Crippen molar-refractivity contribution in [3.8, 4) is 0 Å². The number of hydrogen-bond acceptors (Lipinski definition) is 3. The Balaban J connectivity index is 1.89. The minimum atomic E-state index is -2.75. The lowest BCUT2D eigenvalue weighted by Gasteiger charge is -2.46. The second kappa shape index (κ2) is 7.19. The lowest BCUT2D eigenvalue weighted by molar-refractivity contribution is -0.124. The van der Waals surface area contributed by atoms with Gasteiger partial charge in [0.15, 0.2) is 5.78 Å². The van der Waals surface area contributed by atoms with Gasteiger partial charge < -0.3 is 9.33 Å². The van der Waals surface area contributed by atoms with Gasteiger partial charge in [0.05, 0.1) is 6.04 Å². The number of hydrogen-bond donors (Lipinski definition) is 0. The van der Waals surface area contributed by atoms with E-state index in [1.54, 1.807) is 6.08 Å². The summed E-state index contributed by atoms with van der Waals surface area (Å²) in [6, 6.07) is 21.0. The van der Waals surface area contributed by atoms with Gasteiger partial charge in [0, 0.05) is 12.7 Å². The smallest absolute Gasteiger partial charge is 0.262 e. The van der Waals surface area contributed by atoms with Crippen LogP contribution in [0.15, 0.2) is 85.1 Å². The van der Waals surface area contributed by atoms with Gasteiger partial charge in [-0.3, -0.25) is 4.79 Å². The highest BCUT2D eigenvalue weighted by Crippen LogP contribution is 2.39. The van der Waals surface area contributed by atoms with Crippen LogP contribution in [0.1, 0.15) is 20.8 Å². The molecule has 2 atom stereocenters. The fourth-order valence-electron chi connectivity index (χ4n) is 4.43. The van der Waals surface area contributed by atoms with Gasteiger partial charge in [0.25, 0.3) is 8.32 Å². The molecule has 0 saturated carbocycles. The average molecular weight is 390 g/mol. The Morgan fingerprint density at radius 2 is 1.54 bits per heavy atom. The largest absolute Gasteiger partial charge is 0.395 e. The van der Waals surface area contributed by atoms with Gasteiger partial charge in [-0.15, -0.1) is 0 Å². The molecule has 28 heavy (non-hydrogen) atoms. The number of rotatable bonds is 4. The van der Waals surface area contributed by atoms with Crippen LogP contribution >= 0.6 is 0 Å². The molecule has 4 rings (SSSR count). The molecule has 2 aliphatic rings. The molecule has 144 valence electrons. The van der Waals surface area contributed by atoms with Gasteiger partial charge in [-0.25, -0.2) is 0 Å². The maximum atomic E-state index is 13.0. The van der Waals surface area contributed by atoms with Crippen LogP contribution in [0.2, 0.25) is 5.04 Å². The van der Waals surface area contributed by atoms with Crippen LogP contribution in [0.3, 0.4) is 0 Å². The summed E-state index contributed by atoms with van der Waals surface area (Å²) < 4.78 is 7.09. The Hall–Kier alpha value is -2.43. The van der Waals surface area contributed by atoms with Crippen molar-refractivity contribution in [3.05, 3.63) is 85.1 Å². The van der Waals surface area contributed by atoms with Gasteiger partial charge >= 0.3 is 0 Å². The van der Waals surface area contributed by atoms with E-state index in [4.69, 9.17) is 4.43 Å². The van der Waals surface area contributed by atoms with Crippen molar-refractivity contribution >= 4 is 24.5 Å². The van der Waals surface area contributed by atoms with Crippen LogP contribution in [0.4, 0.5) is 0 Å². The van der Waals surface area contributed by atoms with Gasteiger partial charge in [-0.1, -0.05) is 93.6 Å². The van der Waals surface area contributed by atoms with Crippen LogP contribution in [-0.4, -0.2) is 37.7 Å². The minimum absolute atomic E-state index is 0.0286. The highest BCUT2D eigenvalue weighted by atomic mass is 28.4. The number of ketones is 1. The van der Waals surface area contributed by atoms with E-state index < -0.39 is 14.4 Å². The standard InChI is InChI=1S/C24H27NO2Si/c1-24(2,3)28(19-11-6-4-7-12-19,20-13-8-5-9-14-20)27-23-21-15-10-17-25(21)18-16-22(23)26/h4-16,18,21,23H,17H2,1-3H3/t21-,23+/m1/s1. The molecule has 0 aliphatic carbocycles. The van der Waals surface area contributed by atoms with Crippen LogP contribution in [0, 0.1) is 0 Å². The Labute approximate surface area is 168 Å². The first-order chi connectivity index (χ1) is 13.4. The molecule has 0 aromatic heterocycles. The Morgan fingerprint density at radius 1 is 0.964 bits per heavy atom. The van der Waals surface area contributed by atoms with E-state index in [1.807, 2.05) is 18.3 Å². The van der Waals surface area contributed by atoms with Crippen molar-refractivity contribution in [1.82, 2.24) is 4.90 Å². The predicted molar refractivity (Wildman–Crippen MR) is 116 cm³/mol. The van der Waals surface area contributed by atoms with Crippen molar-refractivity contribution in [2.45, 2.75) is 38.0 Å². The van der Waals surface area contributed by atoms with E-state index in [1.165, 1.54) is 10.4 Å². The predicted octanol–water partition coefficient (Wildman–Crippen LogP) is 3.27. The van der Waals surface area contributed by atoms with Crippen LogP contribution < -0.4 is 10.4 Å². The number of fused-ring (bicyclic) bond motifs is 1. The number of carbonyl (C=O) groups is 1. The van der Waals surface area contributed by atoms with Crippen LogP contribution in [-0.2, 0) is 9.22 Å². The number of benzene rings is 2. The van der Waals surface area contributed by atoms with Gasteiger partial charge in [-0.05, 0) is 21.5 Å². The molecule has 4 heteroatoms. The summed E-state index contributed by atoms with van der Waals surface area (Å²) in [5, 5.41) is 2.25. The van der Waals surface area contributed by atoms with Gasteiger partial charge in [0.2, 0.25) is 0 Å². The third-order valence-electron chi connectivity index (χ3n) is 5.77. The highest BCUT2D eigenvalue weighted by molar-refractivity contribution is 6.99. The number of carbonyl (C=O) groups excluding carboxylic acids is 1. The molecule has 2 aromatic carbocycles. The molecule has 0 fully saturated rings. The second-order valence-corrected chi connectivity index (χ2v) is 12.8. The van der Waals surface area contributed by atoms with Crippen molar-refractivity contribution in [2.75, 3.05) is 6.54 Å². The van der Waals surface area contributed by atoms with E-state index in [2.05, 4.69) is 86.4 Å². The SMILES string of the molecule is CC(C)(C)[Si](O[C@@H]1C(=O)C=CN2CC=C[C@H]12)(c1ccccc1)c1ccccc1. The van der Waals surface area contributed by atoms with E-state index >= 15 is 0 Å². The van der Waals surface area contributed by atoms with Crippen molar-refractivity contribution in [3.63, 3.8) is 0 Å². The lowest BCUT2D eigenvalue weighted by Crippen LogP contribution is -2.69. The summed E-state index contributed by atoms with van der Waals surface area (Å²) in [6.45, 7) is 7.55. The molecule has 2 heterocycles. The molecular formula is C24H27NO2Si. The lowest BCUT2D eigenvalue weighted by atomic mass is 10.0. The molecule has 2 aliphatic heterocycles. The quantitative estimate of drug-likeness (QED) is 0.594. The molecule has 3 nitrogen and oxygen atoms in total. The molecule has 2 aromatic rings. The zero-order valence-corrected chi connectivity index (χ0v) is 17.7. The van der Waals surface area contributed by atoms with E-state index in [0.717, 1.165) is 6.54 Å². The van der Waals surface area contributed by atoms with Crippen LogP contribution in [0.25, 0.3) is 0 Å². The van der Waals surface area contributed by atoms with Crippen molar-refractivity contribution in [1.29, 1.82) is 0 Å². The van der Waals surface area contributed by atoms with Crippen molar-refractivity contribution < 1.29 is 9.22 Å². The third-order valence-corrected chi connectivity index (χ3v) is 10.8. The summed E-state index contributed by atoms with van der Waals surface area (Å²) in [4.78, 5) is 15.1. The molecule has 0 spiro atoms. The normalized spacial score (nSPS) is 21.8. The third kappa shape index (κ3) is 3.07. The molecule has 0 saturated heterocycles. The minimum Gasteiger partial charge on any atom is -0.395 e. The van der Waals surface area contributed by atoms with Crippen LogP contribution in [0.5, 0.6) is 0 Å². The molecule has 0 bridgehead atoms. The summed E-state index contributed by atoms with van der Waals surface area (Å²) in [7, 11) is -2.75. The molecule has 0 N–H and O–H groups in total. The van der Waals surface area contributed by atoms with Gasteiger partial charge in [-0.2, -0.15) is 0 Å². The maximum Gasteiger partial charge on any atom is 0.262 e. The molecular weight excluding hydrogens is 362 g/mol. The van der Waals surface area contributed by atoms with E-state index in [-0.39, 0.29) is 16.9 Å². The Bertz CT molecular complexity index is 860. The van der Waals surface area contributed by atoms with E-state index in [0.29, 0.717) is 0 Å². The maximum absolute atomic E-state index is 13.0. The zero-order valence-electron chi connectivity index (χ0n) is 16.7. The van der Waals surface area contributed by atoms with E-state index in [9.17, 15) is 4.79 Å². The topological polar surface area (TPSA) is 29.5 Å². The van der Waals surface area contributed by atoms with Crippen molar-refractivity contribution in [2.24, 2.45) is 0 Å². The van der Waals surface area contributed by atoms with Gasteiger partial charge in [0.1, 0.15) is 6.10 Å². The highest BCUT2D eigenvalue weighted by Gasteiger charge is 2.53.